The van der Waals surface area contributed by atoms with E-state index in [0.717, 1.165) is 11.7 Å². The summed E-state index contributed by atoms with van der Waals surface area (Å²) in [5.74, 6) is 1.43. The first-order valence-electron chi connectivity index (χ1n) is 10.4. The van der Waals surface area contributed by atoms with Gasteiger partial charge in [0.05, 0.1) is 0 Å². The average Bonchev–Trinajstić information content (AvgIpc) is 2.72. The molecule has 33 heavy (non-hydrogen) atoms. The Bertz CT molecular complexity index is 1010. The maximum atomic E-state index is 12.8. The number of rotatable bonds is 12. The van der Waals surface area contributed by atoms with Crippen molar-refractivity contribution in [2.24, 2.45) is 11.7 Å². The van der Waals surface area contributed by atoms with Gasteiger partial charge in [-0.05, 0) is 36.5 Å². The summed E-state index contributed by atoms with van der Waals surface area (Å²) in [5.41, 5.74) is 6.51. The molecule has 0 unspecified atom stereocenters. The number of primary amides is 1. The van der Waals surface area contributed by atoms with Crippen molar-refractivity contribution in [1.82, 2.24) is 10.6 Å². The molecule has 0 bridgehead atoms. The van der Waals surface area contributed by atoms with Crippen molar-refractivity contribution in [3.8, 4) is 12.3 Å². The van der Waals surface area contributed by atoms with Crippen LogP contribution in [0.1, 0.15) is 44.2 Å². The number of nitrogens with two attached hydrogens (primary N) is 1. The maximum Gasteiger partial charge on any atom is 0.408 e. The molecular weight excluding hydrogens is 446 g/mol. The van der Waals surface area contributed by atoms with Crippen LogP contribution >= 0.6 is 0 Å². The molecule has 1 rings (SSSR count). The number of carbonyl (C=O) groups excluding carboxylic acids is 3. The predicted molar refractivity (Wildman–Crippen MR) is 125 cm³/mol. The van der Waals surface area contributed by atoms with E-state index < -0.39 is 39.8 Å². The molecule has 9 nitrogen and oxygen atoms in total. The molecule has 0 spiro atoms. The van der Waals surface area contributed by atoms with E-state index in [1.165, 1.54) is 6.08 Å². The summed E-state index contributed by atoms with van der Waals surface area (Å²) in [4.78, 5) is 36.3. The number of sulfone groups is 1. The minimum absolute atomic E-state index is 0.0320. The van der Waals surface area contributed by atoms with Crippen LogP contribution < -0.4 is 16.4 Å². The first-order valence-corrected chi connectivity index (χ1v) is 12.3. The van der Waals surface area contributed by atoms with Crippen molar-refractivity contribution in [1.29, 1.82) is 0 Å². The third-order valence-corrected chi connectivity index (χ3v) is 5.02. The Morgan fingerprint density at radius 1 is 1.24 bits per heavy atom. The molecule has 10 heteroatoms. The second-order valence-electron chi connectivity index (χ2n) is 8.03. The smallest absolute Gasteiger partial charge is 0.408 e. The lowest BCUT2D eigenvalue weighted by Crippen LogP contribution is -2.50. The Hall–Kier alpha value is -3.32. The summed E-state index contributed by atoms with van der Waals surface area (Å²) in [6.45, 7) is 3.73. The number of alkyl carbamates (subject to hydrolysis) is 1. The van der Waals surface area contributed by atoms with Gasteiger partial charge in [0.15, 0.2) is 9.84 Å². The topological polar surface area (TPSA) is 145 Å². The fourth-order valence-electron chi connectivity index (χ4n) is 2.82. The fourth-order valence-corrected chi connectivity index (χ4v) is 3.30. The number of carbonyl (C=O) groups is 3. The summed E-state index contributed by atoms with van der Waals surface area (Å²) >= 11 is 0. The van der Waals surface area contributed by atoms with Crippen molar-refractivity contribution < 1.29 is 27.5 Å². The summed E-state index contributed by atoms with van der Waals surface area (Å²) in [5, 5.41) is 6.14. The Kier molecular flexibility index (Phi) is 11.2. The van der Waals surface area contributed by atoms with E-state index in [2.05, 4.69) is 16.6 Å². The van der Waals surface area contributed by atoms with Crippen LogP contribution in [0.5, 0.6) is 0 Å². The quantitative estimate of drug-likeness (QED) is 0.390. The van der Waals surface area contributed by atoms with Crippen LogP contribution in [-0.4, -0.2) is 44.7 Å². The number of terminal acetylenes is 1. The van der Waals surface area contributed by atoms with Crippen molar-refractivity contribution in [3.63, 3.8) is 0 Å². The van der Waals surface area contributed by atoms with Gasteiger partial charge in [-0.3, -0.25) is 9.59 Å². The van der Waals surface area contributed by atoms with Crippen molar-refractivity contribution in [2.75, 3.05) is 6.26 Å². The highest BCUT2D eigenvalue weighted by Crippen LogP contribution is 2.09. The minimum Gasteiger partial charge on any atom is -0.445 e. The number of benzene rings is 1. The molecule has 0 saturated heterocycles. The van der Waals surface area contributed by atoms with Gasteiger partial charge in [0.1, 0.15) is 12.6 Å². The third-order valence-electron chi connectivity index (χ3n) is 4.37. The second-order valence-corrected chi connectivity index (χ2v) is 9.96. The number of nitrogens with one attached hydrogen (secondary N) is 2. The van der Waals surface area contributed by atoms with Gasteiger partial charge in [-0.15, -0.1) is 6.42 Å². The molecule has 0 fully saturated rings. The van der Waals surface area contributed by atoms with E-state index in [9.17, 15) is 22.8 Å². The molecule has 1 aromatic carbocycles. The number of hydrogen-bond acceptors (Lipinski definition) is 6. The first kappa shape index (κ1) is 27.7. The van der Waals surface area contributed by atoms with Crippen molar-refractivity contribution in [2.45, 2.75) is 51.8 Å². The Morgan fingerprint density at radius 2 is 1.94 bits per heavy atom. The molecule has 3 amide bonds. The van der Waals surface area contributed by atoms with Gasteiger partial charge in [0.2, 0.25) is 11.8 Å². The van der Waals surface area contributed by atoms with Gasteiger partial charge >= 0.3 is 6.09 Å². The molecule has 180 valence electrons. The minimum atomic E-state index is -3.44. The Balaban J connectivity index is 2.84. The molecule has 0 aliphatic carbocycles. The molecule has 1 aromatic rings. The zero-order chi connectivity index (χ0) is 25.0. The molecule has 0 heterocycles. The summed E-state index contributed by atoms with van der Waals surface area (Å²) < 4.78 is 28.1. The van der Waals surface area contributed by atoms with Gasteiger partial charge in [-0.1, -0.05) is 38.0 Å². The first-order chi connectivity index (χ1) is 15.4. The van der Waals surface area contributed by atoms with Gasteiger partial charge in [0, 0.05) is 29.7 Å². The highest BCUT2D eigenvalue weighted by Gasteiger charge is 2.24. The van der Waals surface area contributed by atoms with Crippen molar-refractivity contribution >= 4 is 27.7 Å². The lowest BCUT2D eigenvalue weighted by Gasteiger charge is -2.23. The van der Waals surface area contributed by atoms with Crippen LogP contribution in [0.2, 0.25) is 0 Å². The van der Waals surface area contributed by atoms with Crippen molar-refractivity contribution in [3.05, 3.63) is 46.9 Å². The van der Waals surface area contributed by atoms with Crippen LogP contribution in [0.4, 0.5) is 4.79 Å². The molecule has 0 radical (unpaired) electrons. The summed E-state index contributed by atoms with van der Waals surface area (Å²) in [7, 11) is -3.44. The van der Waals surface area contributed by atoms with Gasteiger partial charge in [-0.2, -0.15) is 0 Å². The number of ether oxygens (including phenoxy) is 1. The zero-order valence-electron chi connectivity index (χ0n) is 19.0. The zero-order valence-corrected chi connectivity index (χ0v) is 19.9. The molecule has 4 N–H and O–H groups in total. The van der Waals surface area contributed by atoms with E-state index in [-0.39, 0.29) is 25.4 Å². The van der Waals surface area contributed by atoms with E-state index in [1.54, 1.807) is 24.3 Å². The Labute approximate surface area is 195 Å². The lowest BCUT2D eigenvalue weighted by atomic mass is 10.0. The normalized spacial score (nSPS) is 13.2. The van der Waals surface area contributed by atoms with Crippen LogP contribution in [0.3, 0.4) is 0 Å². The average molecular weight is 478 g/mol. The number of amides is 3. The lowest BCUT2D eigenvalue weighted by molar-refractivity contribution is -0.124. The molecule has 0 aliphatic rings. The highest BCUT2D eigenvalue weighted by molar-refractivity contribution is 7.93. The largest absolute Gasteiger partial charge is 0.445 e. The second kappa shape index (κ2) is 13.3. The van der Waals surface area contributed by atoms with Gasteiger partial charge in [0.25, 0.3) is 0 Å². The van der Waals surface area contributed by atoms with Crippen LogP contribution in [0.25, 0.3) is 0 Å². The van der Waals surface area contributed by atoms with Crippen LogP contribution in [0, 0.1) is 18.3 Å². The van der Waals surface area contributed by atoms with Crippen LogP contribution in [-0.2, 0) is 30.8 Å². The Morgan fingerprint density at radius 3 is 2.52 bits per heavy atom. The monoisotopic (exact) mass is 477 g/mol. The number of hydrogen-bond donors (Lipinski definition) is 3. The molecular formula is C23H31N3O6S. The fraction of sp³-hybridized carbons (Fsp3) is 0.435. The predicted octanol–water partition coefficient (Wildman–Crippen LogP) is 1.62. The third kappa shape index (κ3) is 12.3. The molecule has 0 aliphatic heterocycles. The van der Waals surface area contributed by atoms with E-state index in [0.29, 0.717) is 17.5 Å². The highest BCUT2D eigenvalue weighted by atomic mass is 32.2. The van der Waals surface area contributed by atoms with Gasteiger partial charge < -0.3 is 21.1 Å². The van der Waals surface area contributed by atoms with Gasteiger partial charge in [-0.25, -0.2) is 13.2 Å². The van der Waals surface area contributed by atoms with E-state index >= 15 is 0 Å². The standard InChI is InChI=1S/C23H31N3O6S/c1-5-17-7-6-8-18(14-17)15-32-23(29)26-20(13-16(2)3)22(28)25-19(9-10-21(24)27)11-12-33(4,30)31/h1,6-8,11-12,14,16,19-20H,9-10,13,15H2,2-4H3,(H2,24,27)(H,25,28)(H,26,29)/b12-11+/t19-,20-/m0/s1. The van der Waals surface area contributed by atoms with Crippen LogP contribution in [0.15, 0.2) is 35.7 Å². The van der Waals surface area contributed by atoms with E-state index in [1.807, 2.05) is 13.8 Å². The summed E-state index contributed by atoms with van der Waals surface area (Å²) in [6.07, 6.45) is 7.23. The molecule has 0 saturated carbocycles. The molecule has 0 aromatic heterocycles. The molecule has 2 atom stereocenters. The maximum absolute atomic E-state index is 12.8. The summed E-state index contributed by atoms with van der Waals surface area (Å²) in [6, 6.07) is 5.26. The van der Waals surface area contributed by atoms with E-state index in [4.69, 9.17) is 16.9 Å². The SMILES string of the molecule is C#Cc1cccc(COC(=O)N[C@@H](CC(C)C)C(=O)N[C@H](/C=C/S(C)(=O)=O)CCC(N)=O)c1.